The first kappa shape index (κ1) is 12.3. The molecule has 1 aliphatic heterocycles. The third-order valence-corrected chi connectivity index (χ3v) is 4.32. The second-order valence-corrected chi connectivity index (χ2v) is 6.78. The van der Waals surface area contributed by atoms with Gasteiger partial charge in [-0.1, -0.05) is 0 Å². The molecule has 0 aromatic heterocycles. The van der Waals surface area contributed by atoms with Crippen LogP contribution in [0.1, 0.15) is 32.3 Å². The second kappa shape index (κ2) is 3.87. The van der Waals surface area contributed by atoms with Gasteiger partial charge in [0.25, 0.3) is 0 Å². The van der Waals surface area contributed by atoms with Crippen LogP contribution in [0.5, 0.6) is 11.5 Å². The van der Waals surface area contributed by atoms with E-state index >= 15 is 0 Å². The van der Waals surface area contributed by atoms with E-state index in [9.17, 15) is 5.11 Å². The SMILES string of the molecule is CC(C)(O)c1cc(Br)c2c(c1)OCC1(CC1)CO2. The first-order valence-corrected chi connectivity index (χ1v) is 7.01. The Kier molecular flexibility index (Phi) is 2.65. The Bertz CT molecular complexity index is 487. The third kappa shape index (κ3) is 2.12. The van der Waals surface area contributed by atoms with Crippen molar-refractivity contribution in [2.45, 2.75) is 32.3 Å². The molecule has 0 radical (unpaired) electrons. The van der Waals surface area contributed by atoms with Crippen molar-refractivity contribution in [1.82, 2.24) is 0 Å². The predicted octanol–water partition coefficient (Wildman–Crippen LogP) is 3.23. The number of aliphatic hydroxyl groups is 1. The molecule has 1 aromatic carbocycles. The number of fused-ring (bicyclic) bond motifs is 1. The quantitative estimate of drug-likeness (QED) is 0.865. The lowest BCUT2D eigenvalue weighted by molar-refractivity contribution is 0.0781. The first-order chi connectivity index (χ1) is 8.40. The van der Waals surface area contributed by atoms with Crippen molar-refractivity contribution in [3.63, 3.8) is 0 Å². The van der Waals surface area contributed by atoms with Crippen molar-refractivity contribution >= 4 is 15.9 Å². The van der Waals surface area contributed by atoms with Gasteiger partial charge in [-0.15, -0.1) is 0 Å². The minimum atomic E-state index is -0.884. The minimum Gasteiger partial charge on any atom is -0.489 e. The molecule has 0 amide bonds. The Morgan fingerprint density at radius 2 is 1.89 bits per heavy atom. The molecule has 1 saturated carbocycles. The highest BCUT2D eigenvalue weighted by molar-refractivity contribution is 9.10. The Morgan fingerprint density at radius 1 is 1.22 bits per heavy atom. The maximum absolute atomic E-state index is 10.1. The van der Waals surface area contributed by atoms with Crippen LogP contribution in [0.3, 0.4) is 0 Å². The van der Waals surface area contributed by atoms with Crippen LogP contribution in [0.15, 0.2) is 16.6 Å². The molecule has 1 aliphatic carbocycles. The van der Waals surface area contributed by atoms with Gasteiger partial charge in [0, 0.05) is 5.41 Å². The van der Waals surface area contributed by atoms with E-state index in [1.54, 1.807) is 13.8 Å². The predicted molar refractivity (Wildman–Crippen MR) is 72.0 cm³/mol. The molecule has 1 aromatic rings. The smallest absolute Gasteiger partial charge is 0.175 e. The van der Waals surface area contributed by atoms with Crippen LogP contribution < -0.4 is 9.47 Å². The van der Waals surface area contributed by atoms with E-state index in [4.69, 9.17) is 9.47 Å². The number of rotatable bonds is 1. The zero-order chi connectivity index (χ0) is 13.0. The van der Waals surface area contributed by atoms with E-state index in [0.29, 0.717) is 6.61 Å². The Balaban J connectivity index is 1.99. The zero-order valence-corrected chi connectivity index (χ0v) is 12.2. The van der Waals surface area contributed by atoms with E-state index in [2.05, 4.69) is 15.9 Å². The molecule has 0 bridgehead atoms. The normalized spacial score (nSPS) is 20.7. The Morgan fingerprint density at radius 3 is 2.50 bits per heavy atom. The molecule has 3 rings (SSSR count). The summed E-state index contributed by atoms with van der Waals surface area (Å²) in [5.41, 5.74) is 0.168. The average Bonchev–Trinajstić information content (AvgIpc) is 3.06. The van der Waals surface area contributed by atoms with Gasteiger partial charge in [-0.3, -0.25) is 0 Å². The summed E-state index contributed by atoms with van der Waals surface area (Å²) in [6.45, 7) is 4.96. The van der Waals surface area contributed by atoms with E-state index in [0.717, 1.165) is 28.1 Å². The van der Waals surface area contributed by atoms with Crippen LogP contribution in [-0.2, 0) is 5.60 Å². The summed E-state index contributed by atoms with van der Waals surface area (Å²) in [5.74, 6) is 1.48. The summed E-state index contributed by atoms with van der Waals surface area (Å²) >= 11 is 3.50. The summed E-state index contributed by atoms with van der Waals surface area (Å²) in [7, 11) is 0. The van der Waals surface area contributed by atoms with Gasteiger partial charge < -0.3 is 14.6 Å². The van der Waals surface area contributed by atoms with Gasteiger partial charge in [-0.2, -0.15) is 0 Å². The van der Waals surface area contributed by atoms with Gasteiger partial charge in [-0.25, -0.2) is 0 Å². The van der Waals surface area contributed by atoms with Crippen LogP contribution >= 0.6 is 15.9 Å². The molecule has 1 heterocycles. The average molecular weight is 313 g/mol. The molecule has 0 unspecified atom stereocenters. The summed E-state index contributed by atoms with van der Waals surface area (Å²) in [4.78, 5) is 0. The molecule has 3 nitrogen and oxygen atoms in total. The van der Waals surface area contributed by atoms with Gasteiger partial charge in [0.1, 0.15) is 0 Å². The topological polar surface area (TPSA) is 38.7 Å². The van der Waals surface area contributed by atoms with Crippen LogP contribution in [0.25, 0.3) is 0 Å². The molecule has 1 fully saturated rings. The number of hydrogen-bond acceptors (Lipinski definition) is 3. The fraction of sp³-hybridized carbons (Fsp3) is 0.571. The summed E-state index contributed by atoms with van der Waals surface area (Å²) in [6, 6.07) is 3.77. The zero-order valence-electron chi connectivity index (χ0n) is 10.6. The van der Waals surface area contributed by atoms with Crippen molar-refractivity contribution < 1.29 is 14.6 Å². The van der Waals surface area contributed by atoms with Crippen molar-refractivity contribution in [2.24, 2.45) is 5.41 Å². The second-order valence-electron chi connectivity index (χ2n) is 5.92. The number of halogens is 1. The lowest BCUT2D eigenvalue weighted by Gasteiger charge is -2.20. The van der Waals surface area contributed by atoms with E-state index < -0.39 is 5.60 Å². The molecule has 1 spiro atoms. The lowest BCUT2D eigenvalue weighted by Crippen LogP contribution is -2.17. The monoisotopic (exact) mass is 312 g/mol. The number of hydrogen-bond donors (Lipinski definition) is 1. The summed E-state index contributed by atoms with van der Waals surface area (Å²) < 4.78 is 12.6. The van der Waals surface area contributed by atoms with Crippen molar-refractivity contribution in [2.75, 3.05) is 13.2 Å². The molecule has 98 valence electrons. The summed E-state index contributed by atoms with van der Waals surface area (Å²) in [6.07, 6.45) is 2.36. The van der Waals surface area contributed by atoms with E-state index in [1.165, 1.54) is 12.8 Å². The van der Waals surface area contributed by atoms with Crippen LogP contribution in [0.2, 0.25) is 0 Å². The first-order valence-electron chi connectivity index (χ1n) is 6.22. The molecule has 0 saturated heterocycles. The van der Waals surface area contributed by atoms with Crippen molar-refractivity contribution in [3.05, 3.63) is 22.2 Å². The maximum atomic E-state index is 10.1. The molecular weight excluding hydrogens is 296 g/mol. The highest BCUT2D eigenvalue weighted by Crippen LogP contribution is 2.50. The Hall–Kier alpha value is -0.740. The maximum Gasteiger partial charge on any atom is 0.175 e. The molecule has 18 heavy (non-hydrogen) atoms. The van der Waals surface area contributed by atoms with Gasteiger partial charge >= 0.3 is 0 Å². The number of ether oxygens (including phenoxy) is 2. The molecule has 1 N–H and O–H groups in total. The van der Waals surface area contributed by atoms with Crippen LogP contribution in [0.4, 0.5) is 0 Å². The van der Waals surface area contributed by atoms with Crippen molar-refractivity contribution in [1.29, 1.82) is 0 Å². The fourth-order valence-electron chi connectivity index (χ4n) is 2.13. The van der Waals surface area contributed by atoms with Crippen molar-refractivity contribution in [3.8, 4) is 11.5 Å². The minimum absolute atomic E-state index is 0.230. The van der Waals surface area contributed by atoms with Gasteiger partial charge in [0.2, 0.25) is 0 Å². The molecular formula is C14H17BrO3. The molecule has 2 aliphatic rings. The molecule has 0 atom stereocenters. The van der Waals surface area contributed by atoms with E-state index in [-0.39, 0.29) is 5.41 Å². The molecule has 4 heteroatoms. The third-order valence-electron chi connectivity index (χ3n) is 3.73. The highest BCUT2D eigenvalue weighted by Gasteiger charge is 2.46. The lowest BCUT2D eigenvalue weighted by atomic mass is 9.98. The Labute approximate surface area is 115 Å². The standard InChI is InChI=1S/C14H17BrO3/c1-13(2,16)9-5-10(15)12-11(6-9)17-7-14(3-4-14)8-18-12/h5-6,16H,3-4,7-8H2,1-2H3. The van der Waals surface area contributed by atoms with Gasteiger partial charge in [0.05, 0.1) is 23.3 Å². The van der Waals surface area contributed by atoms with E-state index in [1.807, 2.05) is 12.1 Å². The summed E-state index contributed by atoms with van der Waals surface area (Å²) in [5, 5.41) is 10.1. The van der Waals surface area contributed by atoms with Crippen LogP contribution in [0, 0.1) is 5.41 Å². The van der Waals surface area contributed by atoms with Gasteiger partial charge in [-0.05, 0) is 60.3 Å². The van der Waals surface area contributed by atoms with Crippen LogP contribution in [-0.4, -0.2) is 18.3 Å². The number of benzene rings is 1. The highest BCUT2D eigenvalue weighted by atomic mass is 79.9. The largest absolute Gasteiger partial charge is 0.489 e. The fourth-order valence-corrected chi connectivity index (χ4v) is 2.69. The van der Waals surface area contributed by atoms with Gasteiger partial charge in [0.15, 0.2) is 11.5 Å².